The first-order valence-corrected chi connectivity index (χ1v) is 12.5. The van der Waals surface area contributed by atoms with Gasteiger partial charge in [0.15, 0.2) is 0 Å². The molecule has 1 aliphatic rings. The van der Waals surface area contributed by atoms with Crippen LogP contribution in [-0.2, 0) is 16.4 Å². The van der Waals surface area contributed by atoms with E-state index in [1.54, 1.807) is 12.1 Å². The molecule has 7 heteroatoms. The Morgan fingerprint density at radius 2 is 1.62 bits per heavy atom. The van der Waals surface area contributed by atoms with E-state index < -0.39 is 10.0 Å². The molecule has 0 spiro atoms. The quantitative estimate of drug-likeness (QED) is 0.523. The molecule has 1 atom stereocenters. The van der Waals surface area contributed by atoms with Crippen LogP contribution < -0.4 is 0 Å². The topological polar surface area (TPSA) is 66.7 Å². The van der Waals surface area contributed by atoms with E-state index in [0.717, 1.165) is 41.1 Å². The summed E-state index contributed by atoms with van der Waals surface area (Å²) in [5, 5.41) is 0. The molecule has 2 aromatic carbocycles. The van der Waals surface area contributed by atoms with Crippen molar-refractivity contribution in [2.24, 2.45) is 0 Å². The number of rotatable bonds is 7. The van der Waals surface area contributed by atoms with Crippen molar-refractivity contribution in [1.82, 2.24) is 14.2 Å². The first-order chi connectivity index (χ1) is 15.3. The predicted octanol–water partition coefficient (Wildman–Crippen LogP) is 4.59. The number of benzene rings is 2. The van der Waals surface area contributed by atoms with E-state index in [9.17, 15) is 8.42 Å². The number of hydrogen-bond donors (Lipinski definition) is 0. The summed E-state index contributed by atoms with van der Waals surface area (Å²) in [5.74, 6) is 1.53. The van der Waals surface area contributed by atoms with Crippen LogP contribution in [0.25, 0.3) is 22.6 Å². The lowest BCUT2D eigenvalue weighted by atomic mass is 10.0. The molecule has 170 valence electrons. The average Bonchev–Trinajstić information content (AvgIpc) is 3.37. The summed E-state index contributed by atoms with van der Waals surface area (Å²) in [6.45, 7) is 6.47. The zero-order valence-electron chi connectivity index (χ0n) is 19.2. The minimum absolute atomic E-state index is 0.286. The molecule has 1 fully saturated rings. The lowest BCUT2D eigenvalue weighted by Gasteiger charge is -2.20. The highest BCUT2D eigenvalue weighted by Gasteiger charge is 2.21. The van der Waals surface area contributed by atoms with Gasteiger partial charge in [-0.1, -0.05) is 24.3 Å². The van der Waals surface area contributed by atoms with Crippen molar-refractivity contribution in [2.45, 2.75) is 44.0 Å². The Kier molecular flexibility index (Phi) is 6.51. The minimum Gasteiger partial charge on any atom is -0.441 e. The largest absolute Gasteiger partial charge is 0.441 e. The highest BCUT2D eigenvalue weighted by atomic mass is 32.2. The van der Waals surface area contributed by atoms with Gasteiger partial charge in [-0.25, -0.2) is 17.7 Å². The van der Waals surface area contributed by atoms with Gasteiger partial charge in [-0.05, 0) is 68.6 Å². The second-order valence-electron chi connectivity index (χ2n) is 8.69. The Bertz CT molecular complexity index is 1170. The van der Waals surface area contributed by atoms with Crippen LogP contribution in [0.4, 0.5) is 0 Å². The van der Waals surface area contributed by atoms with E-state index in [0.29, 0.717) is 11.9 Å². The molecule has 0 radical (unpaired) electrons. The van der Waals surface area contributed by atoms with Gasteiger partial charge in [0, 0.05) is 38.7 Å². The molecule has 0 aliphatic carbocycles. The van der Waals surface area contributed by atoms with Gasteiger partial charge in [0.05, 0.1) is 10.6 Å². The van der Waals surface area contributed by atoms with Crippen LogP contribution in [0, 0.1) is 6.92 Å². The van der Waals surface area contributed by atoms with Crippen LogP contribution in [-0.4, -0.2) is 55.8 Å². The van der Waals surface area contributed by atoms with Gasteiger partial charge in [-0.2, -0.15) is 0 Å². The number of oxazole rings is 1. The molecule has 4 rings (SSSR count). The maximum absolute atomic E-state index is 12.3. The molecule has 2 heterocycles. The van der Waals surface area contributed by atoms with Crippen molar-refractivity contribution in [1.29, 1.82) is 0 Å². The van der Waals surface area contributed by atoms with Crippen molar-refractivity contribution in [2.75, 3.05) is 27.2 Å². The van der Waals surface area contributed by atoms with E-state index in [-0.39, 0.29) is 4.90 Å². The Morgan fingerprint density at radius 3 is 2.19 bits per heavy atom. The highest BCUT2D eigenvalue weighted by molar-refractivity contribution is 7.89. The molecule has 0 N–H and O–H groups in total. The first kappa shape index (κ1) is 22.7. The molecule has 0 unspecified atom stereocenters. The zero-order valence-corrected chi connectivity index (χ0v) is 20.0. The number of sulfonamides is 1. The fourth-order valence-electron chi connectivity index (χ4n) is 4.19. The lowest BCUT2D eigenvalue weighted by molar-refractivity contribution is 0.271. The minimum atomic E-state index is -3.42. The highest BCUT2D eigenvalue weighted by Crippen LogP contribution is 2.27. The zero-order chi connectivity index (χ0) is 22.9. The summed E-state index contributed by atoms with van der Waals surface area (Å²) in [6.07, 6.45) is 3.47. The Morgan fingerprint density at radius 1 is 1.03 bits per heavy atom. The third-order valence-corrected chi connectivity index (χ3v) is 8.15. The van der Waals surface area contributed by atoms with Gasteiger partial charge >= 0.3 is 0 Å². The SMILES string of the molecule is Cc1oc(-c2ccc(-c3ccc(S(=O)(=O)N(C)C)cc3)cc2)nc1CCN1CCC[C@H]1C. The van der Waals surface area contributed by atoms with Crippen LogP contribution in [0.3, 0.4) is 0 Å². The van der Waals surface area contributed by atoms with Crippen LogP contribution in [0.15, 0.2) is 57.8 Å². The maximum atomic E-state index is 12.3. The van der Waals surface area contributed by atoms with Gasteiger partial charge in [0.1, 0.15) is 5.76 Å². The maximum Gasteiger partial charge on any atom is 0.242 e. The van der Waals surface area contributed by atoms with Gasteiger partial charge in [0.25, 0.3) is 0 Å². The number of hydrogen-bond acceptors (Lipinski definition) is 5. The third-order valence-electron chi connectivity index (χ3n) is 6.32. The molecule has 0 amide bonds. The Labute approximate surface area is 190 Å². The fourth-order valence-corrected chi connectivity index (χ4v) is 5.09. The Hall–Kier alpha value is -2.48. The summed E-state index contributed by atoms with van der Waals surface area (Å²) >= 11 is 0. The molecule has 0 bridgehead atoms. The normalized spacial score (nSPS) is 17.3. The van der Waals surface area contributed by atoms with Crippen LogP contribution in [0.2, 0.25) is 0 Å². The fraction of sp³-hybridized carbons (Fsp3) is 0.400. The van der Waals surface area contributed by atoms with Crippen molar-refractivity contribution < 1.29 is 12.8 Å². The summed E-state index contributed by atoms with van der Waals surface area (Å²) in [4.78, 5) is 7.57. The van der Waals surface area contributed by atoms with Crippen LogP contribution in [0.1, 0.15) is 31.2 Å². The standard InChI is InChI=1S/C25H31N3O3S/c1-18-6-5-16-28(18)17-15-24-19(2)31-25(26-24)22-9-7-20(8-10-22)21-11-13-23(14-12-21)32(29,30)27(3)4/h7-14,18H,5-6,15-17H2,1-4H3/t18-/m1/s1. The molecule has 1 saturated heterocycles. The summed E-state index contributed by atoms with van der Waals surface area (Å²) in [5.41, 5.74) is 3.93. The third kappa shape index (κ3) is 4.65. The van der Waals surface area contributed by atoms with E-state index in [2.05, 4.69) is 11.8 Å². The molecule has 1 aliphatic heterocycles. The lowest BCUT2D eigenvalue weighted by Crippen LogP contribution is -2.29. The molecule has 1 aromatic heterocycles. The van der Waals surface area contributed by atoms with Crippen molar-refractivity contribution in [3.63, 3.8) is 0 Å². The average molecular weight is 454 g/mol. The second kappa shape index (κ2) is 9.17. The molecule has 3 aromatic rings. The van der Waals surface area contributed by atoms with Gasteiger partial charge in [-0.3, -0.25) is 0 Å². The molecular formula is C25H31N3O3S. The number of aryl methyl sites for hydroxylation is 1. The van der Waals surface area contributed by atoms with E-state index in [1.807, 2.05) is 43.3 Å². The first-order valence-electron chi connectivity index (χ1n) is 11.1. The summed E-state index contributed by atoms with van der Waals surface area (Å²) in [6, 6.07) is 15.6. The predicted molar refractivity (Wildman–Crippen MR) is 127 cm³/mol. The molecule has 32 heavy (non-hydrogen) atoms. The molecular weight excluding hydrogens is 422 g/mol. The Balaban J connectivity index is 1.47. The number of aromatic nitrogens is 1. The van der Waals surface area contributed by atoms with Crippen molar-refractivity contribution in [3.8, 4) is 22.6 Å². The van der Waals surface area contributed by atoms with Gasteiger partial charge < -0.3 is 9.32 Å². The summed E-state index contributed by atoms with van der Waals surface area (Å²) in [7, 11) is -0.359. The smallest absolute Gasteiger partial charge is 0.242 e. The second-order valence-corrected chi connectivity index (χ2v) is 10.8. The summed E-state index contributed by atoms with van der Waals surface area (Å²) < 4.78 is 31.7. The number of nitrogens with zero attached hydrogens (tertiary/aromatic N) is 3. The van der Waals surface area contributed by atoms with Gasteiger partial charge in [0.2, 0.25) is 15.9 Å². The van der Waals surface area contributed by atoms with Crippen LogP contribution in [0.5, 0.6) is 0 Å². The molecule has 0 saturated carbocycles. The number of likely N-dealkylation sites (tertiary alicyclic amines) is 1. The van der Waals surface area contributed by atoms with Crippen molar-refractivity contribution >= 4 is 10.0 Å². The van der Waals surface area contributed by atoms with Crippen LogP contribution >= 0.6 is 0 Å². The monoisotopic (exact) mass is 453 g/mol. The molecule has 6 nitrogen and oxygen atoms in total. The van der Waals surface area contributed by atoms with E-state index >= 15 is 0 Å². The van der Waals surface area contributed by atoms with Crippen molar-refractivity contribution in [3.05, 3.63) is 60.0 Å². The van der Waals surface area contributed by atoms with E-state index in [4.69, 9.17) is 9.40 Å². The van der Waals surface area contributed by atoms with E-state index in [1.165, 1.54) is 37.8 Å². The van der Waals surface area contributed by atoms with Gasteiger partial charge in [-0.15, -0.1) is 0 Å².